The van der Waals surface area contributed by atoms with Crippen molar-refractivity contribution in [2.45, 2.75) is 31.8 Å². The van der Waals surface area contributed by atoms with E-state index in [9.17, 15) is 0 Å². The predicted molar refractivity (Wildman–Crippen MR) is 102 cm³/mol. The molecule has 3 aromatic rings. The van der Waals surface area contributed by atoms with Crippen LogP contribution in [0.2, 0.25) is 0 Å². The van der Waals surface area contributed by atoms with Gasteiger partial charge < -0.3 is 13.9 Å². The van der Waals surface area contributed by atoms with Crippen molar-refractivity contribution in [2.75, 3.05) is 27.2 Å². The van der Waals surface area contributed by atoms with Crippen molar-refractivity contribution >= 4 is 11.0 Å². The molecule has 1 aliphatic rings. The van der Waals surface area contributed by atoms with Crippen molar-refractivity contribution in [1.29, 1.82) is 0 Å². The van der Waals surface area contributed by atoms with Crippen molar-refractivity contribution in [1.82, 2.24) is 24.6 Å². The van der Waals surface area contributed by atoms with Gasteiger partial charge in [-0.1, -0.05) is 6.07 Å². The maximum Gasteiger partial charge on any atom is 0.146 e. The summed E-state index contributed by atoms with van der Waals surface area (Å²) < 4.78 is 7.63. The largest absolute Gasteiger partial charge is 0.464 e. The molecule has 0 N–H and O–H groups in total. The second kappa shape index (κ2) is 7.21. The normalized spacial score (nSPS) is 18.8. The molecule has 26 heavy (non-hydrogen) atoms. The molecule has 6 heteroatoms. The Kier molecular flexibility index (Phi) is 4.78. The van der Waals surface area contributed by atoms with Gasteiger partial charge in [0, 0.05) is 31.4 Å². The first-order valence-electron chi connectivity index (χ1n) is 9.31. The minimum atomic E-state index is 0.454. The third kappa shape index (κ3) is 3.52. The number of nitrogens with zero attached hydrogens (tertiary/aromatic N) is 5. The zero-order valence-electron chi connectivity index (χ0n) is 15.9. The lowest BCUT2D eigenvalue weighted by Crippen LogP contribution is -2.34. The fourth-order valence-electron chi connectivity index (χ4n) is 3.93. The summed E-state index contributed by atoms with van der Waals surface area (Å²) >= 11 is 0. The Balaban J connectivity index is 1.46. The summed E-state index contributed by atoms with van der Waals surface area (Å²) in [6.07, 6.45) is 4.14. The first kappa shape index (κ1) is 17.2. The third-order valence-electron chi connectivity index (χ3n) is 5.25. The summed E-state index contributed by atoms with van der Waals surface area (Å²) in [6, 6.07) is 8.51. The molecular weight excluding hydrogens is 326 g/mol. The van der Waals surface area contributed by atoms with Crippen LogP contribution in [0.5, 0.6) is 0 Å². The van der Waals surface area contributed by atoms with Crippen LogP contribution in [-0.2, 0) is 20.1 Å². The van der Waals surface area contributed by atoms with Crippen molar-refractivity contribution < 1.29 is 4.42 Å². The van der Waals surface area contributed by atoms with Crippen LogP contribution >= 0.6 is 0 Å². The number of piperidine rings is 1. The molecule has 1 saturated heterocycles. The van der Waals surface area contributed by atoms with E-state index in [0.717, 1.165) is 43.4 Å². The van der Waals surface area contributed by atoms with E-state index in [1.54, 1.807) is 6.26 Å². The number of likely N-dealkylation sites (tertiary alicyclic amines) is 1. The van der Waals surface area contributed by atoms with E-state index in [0.29, 0.717) is 5.92 Å². The Morgan fingerprint density at radius 3 is 2.96 bits per heavy atom. The molecule has 2 aromatic heterocycles. The fourth-order valence-corrected chi connectivity index (χ4v) is 3.93. The van der Waals surface area contributed by atoms with Gasteiger partial charge in [0.2, 0.25) is 0 Å². The van der Waals surface area contributed by atoms with Gasteiger partial charge in [-0.3, -0.25) is 4.90 Å². The van der Waals surface area contributed by atoms with Crippen molar-refractivity contribution in [3.05, 3.63) is 47.7 Å². The monoisotopic (exact) mass is 353 g/mol. The lowest BCUT2D eigenvalue weighted by Gasteiger charge is -2.32. The van der Waals surface area contributed by atoms with Gasteiger partial charge in [-0.15, -0.1) is 10.2 Å². The number of rotatable bonds is 5. The molecular formula is C20H27N5O. The fraction of sp³-hybridized carbons (Fsp3) is 0.500. The predicted octanol–water partition coefficient (Wildman–Crippen LogP) is 3.00. The molecule has 1 aromatic carbocycles. The molecule has 138 valence electrons. The second-order valence-electron chi connectivity index (χ2n) is 7.64. The molecule has 1 aliphatic heterocycles. The number of fused-ring (bicyclic) bond motifs is 1. The van der Waals surface area contributed by atoms with Crippen LogP contribution in [0, 0.1) is 0 Å². The maximum atomic E-state index is 5.45. The van der Waals surface area contributed by atoms with E-state index in [2.05, 4.69) is 63.9 Å². The minimum Gasteiger partial charge on any atom is -0.464 e. The highest BCUT2D eigenvalue weighted by molar-refractivity contribution is 5.77. The molecule has 0 aliphatic carbocycles. The van der Waals surface area contributed by atoms with Crippen LogP contribution in [0.1, 0.15) is 36.0 Å². The molecule has 0 radical (unpaired) electrons. The van der Waals surface area contributed by atoms with Crippen LogP contribution in [-0.4, -0.2) is 51.7 Å². The minimum absolute atomic E-state index is 0.454. The first-order chi connectivity index (χ1) is 12.6. The molecule has 1 unspecified atom stereocenters. The van der Waals surface area contributed by atoms with Gasteiger partial charge in [-0.2, -0.15) is 0 Å². The highest BCUT2D eigenvalue weighted by Crippen LogP contribution is 2.27. The molecule has 0 saturated carbocycles. The first-order valence-corrected chi connectivity index (χ1v) is 9.31. The van der Waals surface area contributed by atoms with E-state index < -0.39 is 0 Å². The number of aromatic nitrogens is 3. The van der Waals surface area contributed by atoms with E-state index in [1.807, 2.05) is 6.07 Å². The van der Waals surface area contributed by atoms with Crippen LogP contribution < -0.4 is 0 Å². The number of hydrogen-bond donors (Lipinski definition) is 0. The van der Waals surface area contributed by atoms with Crippen molar-refractivity contribution in [3.63, 3.8) is 0 Å². The van der Waals surface area contributed by atoms with Gasteiger partial charge in [0.15, 0.2) is 0 Å². The summed E-state index contributed by atoms with van der Waals surface area (Å²) in [4.78, 5) is 4.67. The molecule has 3 heterocycles. The topological polar surface area (TPSA) is 50.3 Å². The van der Waals surface area contributed by atoms with E-state index in [4.69, 9.17) is 4.42 Å². The molecule has 0 spiro atoms. The number of furan rings is 1. The Morgan fingerprint density at radius 2 is 2.12 bits per heavy atom. The highest BCUT2D eigenvalue weighted by Gasteiger charge is 2.26. The van der Waals surface area contributed by atoms with Crippen molar-refractivity contribution in [3.8, 4) is 0 Å². The quantitative estimate of drug-likeness (QED) is 0.706. The molecule has 4 rings (SSSR count). The number of hydrogen-bond acceptors (Lipinski definition) is 5. The standard InChI is InChI=1S/C20H27N5O/c1-23(2)14-19-21-22-20(24(19)3)17-5-4-9-25(13-17)12-15-6-7-18-16(11-15)8-10-26-18/h6-8,10-11,17H,4-5,9,12-14H2,1-3H3. The summed E-state index contributed by atoms with van der Waals surface area (Å²) in [5, 5.41) is 10.1. The Labute approximate surface area is 154 Å². The van der Waals surface area contributed by atoms with Crippen LogP contribution in [0.15, 0.2) is 34.9 Å². The maximum absolute atomic E-state index is 5.45. The van der Waals surface area contributed by atoms with Gasteiger partial charge in [-0.25, -0.2) is 0 Å². The average Bonchev–Trinajstić information content (AvgIpc) is 3.22. The zero-order valence-corrected chi connectivity index (χ0v) is 15.9. The van der Waals surface area contributed by atoms with Gasteiger partial charge in [0.25, 0.3) is 0 Å². The summed E-state index contributed by atoms with van der Waals surface area (Å²) in [7, 11) is 6.22. The second-order valence-corrected chi connectivity index (χ2v) is 7.64. The van der Waals surface area contributed by atoms with Gasteiger partial charge in [0.05, 0.1) is 12.8 Å². The highest BCUT2D eigenvalue weighted by atomic mass is 16.3. The SMILES string of the molecule is CN(C)Cc1nnc(C2CCCN(Cc3ccc4occc4c3)C2)n1C. The van der Waals surface area contributed by atoms with Crippen LogP contribution in [0.4, 0.5) is 0 Å². The summed E-state index contributed by atoms with van der Waals surface area (Å²) in [5.74, 6) is 2.61. The van der Waals surface area contributed by atoms with Crippen molar-refractivity contribution in [2.24, 2.45) is 7.05 Å². The zero-order chi connectivity index (χ0) is 18.1. The molecule has 6 nitrogen and oxygen atoms in total. The summed E-state index contributed by atoms with van der Waals surface area (Å²) in [5.41, 5.74) is 2.29. The number of benzene rings is 1. The molecule has 0 bridgehead atoms. The van der Waals surface area contributed by atoms with Crippen LogP contribution in [0.3, 0.4) is 0 Å². The van der Waals surface area contributed by atoms with Crippen LogP contribution in [0.25, 0.3) is 11.0 Å². The molecule has 0 amide bonds. The Bertz CT molecular complexity index is 881. The smallest absolute Gasteiger partial charge is 0.146 e. The van der Waals surface area contributed by atoms with Gasteiger partial charge in [0.1, 0.15) is 17.2 Å². The molecule has 1 fully saturated rings. The van der Waals surface area contributed by atoms with E-state index in [1.165, 1.54) is 23.8 Å². The van der Waals surface area contributed by atoms with Gasteiger partial charge in [-0.05, 0) is 57.2 Å². The Hall–Kier alpha value is -2.18. The van der Waals surface area contributed by atoms with Gasteiger partial charge >= 0.3 is 0 Å². The summed E-state index contributed by atoms with van der Waals surface area (Å²) in [6.45, 7) is 3.98. The average molecular weight is 353 g/mol. The lowest BCUT2D eigenvalue weighted by molar-refractivity contribution is 0.195. The Morgan fingerprint density at radius 1 is 1.23 bits per heavy atom. The molecule has 1 atom stereocenters. The lowest BCUT2D eigenvalue weighted by atomic mass is 9.96. The van der Waals surface area contributed by atoms with E-state index >= 15 is 0 Å². The third-order valence-corrected chi connectivity index (χ3v) is 5.25. The van der Waals surface area contributed by atoms with E-state index in [-0.39, 0.29) is 0 Å².